The molecular formula is C53H102N2O6P+. The van der Waals surface area contributed by atoms with Gasteiger partial charge in [-0.25, -0.2) is 4.57 Å². The van der Waals surface area contributed by atoms with Crippen molar-refractivity contribution in [3.05, 3.63) is 48.6 Å². The van der Waals surface area contributed by atoms with Crippen LogP contribution in [0, 0.1) is 0 Å². The second-order valence-corrected chi connectivity index (χ2v) is 20.3. The molecule has 3 unspecified atom stereocenters. The topological polar surface area (TPSA) is 105 Å². The number of unbranched alkanes of at least 4 members (excludes halogenated alkanes) is 26. The monoisotopic (exact) mass is 894 g/mol. The Morgan fingerprint density at radius 1 is 0.565 bits per heavy atom. The van der Waals surface area contributed by atoms with Gasteiger partial charge < -0.3 is 19.8 Å². The number of carbonyl (C=O) groups is 1. The predicted octanol–water partition coefficient (Wildman–Crippen LogP) is 15.2. The van der Waals surface area contributed by atoms with E-state index in [1.54, 1.807) is 0 Å². The van der Waals surface area contributed by atoms with E-state index in [0.29, 0.717) is 23.9 Å². The summed E-state index contributed by atoms with van der Waals surface area (Å²) in [4.78, 5) is 23.2. The molecule has 0 fully saturated rings. The van der Waals surface area contributed by atoms with Crippen molar-refractivity contribution in [1.29, 1.82) is 0 Å². The van der Waals surface area contributed by atoms with Gasteiger partial charge in [-0.3, -0.25) is 13.8 Å². The lowest BCUT2D eigenvalue weighted by Gasteiger charge is -2.26. The van der Waals surface area contributed by atoms with Gasteiger partial charge in [0.1, 0.15) is 13.2 Å². The number of rotatable bonds is 47. The summed E-state index contributed by atoms with van der Waals surface area (Å²) in [7, 11) is 1.62. The molecule has 0 aromatic rings. The maximum absolute atomic E-state index is 12.9. The highest BCUT2D eigenvalue weighted by Gasteiger charge is 2.28. The van der Waals surface area contributed by atoms with Crippen LogP contribution in [0.5, 0.6) is 0 Å². The van der Waals surface area contributed by atoms with Gasteiger partial charge in [-0.1, -0.05) is 223 Å². The zero-order chi connectivity index (χ0) is 45.7. The second kappa shape index (κ2) is 44.7. The summed E-state index contributed by atoms with van der Waals surface area (Å²) in [6.45, 7) is 4.76. The highest BCUT2D eigenvalue weighted by atomic mass is 31.2. The lowest BCUT2D eigenvalue weighted by atomic mass is 10.0. The molecule has 3 atom stereocenters. The number of hydrogen-bond acceptors (Lipinski definition) is 5. The summed E-state index contributed by atoms with van der Waals surface area (Å²) >= 11 is 0. The van der Waals surface area contributed by atoms with E-state index in [4.69, 9.17) is 9.05 Å². The van der Waals surface area contributed by atoms with Crippen molar-refractivity contribution in [3.63, 3.8) is 0 Å². The first-order valence-electron chi connectivity index (χ1n) is 26.0. The Labute approximate surface area is 384 Å². The maximum atomic E-state index is 12.9. The minimum atomic E-state index is -4.31. The number of amides is 1. The first kappa shape index (κ1) is 60.5. The molecule has 9 heteroatoms. The van der Waals surface area contributed by atoms with Crippen LogP contribution < -0.4 is 5.32 Å². The molecule has 0 aliphatic carbocycles. The number of carbonyl (C=O) groups excluding carboxylic acids is 1. The Kier molecular flexibility index (Phi) is 43.5. The highest BCUT2D eigenvalue weighted by Crippen LogP contribution is 2.43. The van der Waals surface area contributed by atoms with Crippen molar-refractivity contribution in [1.82, 2.24) is 5.32 Å². The lowest BCUT2D eigenvalue weighted by molar-refractivity contribution is -0.870. The van der Waals surface area contributed by atoms with E-state index in [1.165, 1.54) is 141 Å². The Bertz CT molecular complexity index is 1150. The number of likely N-dealkylation sites (N-methyl/N-ethyl adjacent to an activating group) is 1. The van der Waals surface area contributed by atoms with Gasteiger partial charge in [0, 0.05) is 6.42 Å². The molecule has 0 saturated heterocycles. The molecule has 8 nitrogen and oxygen atoms in total. The third kappa shape index (κ3) is 46.5. The fourth-order valence-corrected chi connectivity index (χ4v) is 8.24. The van der Waals surface area contributed by atoms with Gasteiger partial charge in [0.25, 0.3) is 0 Å². The molecule has 364 valence electrons. The van der Waals surface area contributed by atoms with Crippen LogP contribution in [0.3, 0.4) is 0 Å². The largest absolute Gasteiger partial charge is 0.472 e. The van der Waals surface area contributed by atoms with Crippen LogP contribution in [0.25, 0.3) is 0 Å². The Balaban J connectivity index is 3.96. The fraction of sp³-hybridized carbons (Fsp3) is 0.830. The van der Waals surface area contributed by atoms with Gasteiger partial charge in [0.15, 0.2) is 0 Å². The van der Waals surface area contributed by atoms with E-state index in [9.17, 15) is 19.4 Å². The summed E-state index contributed by atoms with van der Waals surface area (Å²) in [5.74, 6) is -0.146. The maximum Gasteiger partial charge on any atom is 0.472 e. The molecule has 1 amide bonds. The van der Waals surface area contributed by atoms with E-state index in [1.807, 2.05) is 21.1 Å². The number of phosphoric ester groups is 1. The van der Waals surface area contributed by atoms with E-state index in [-0.39, 0.29) is 19.1 Å². The third-order valence-corrected chi connectivity index (χ3v) is 12.6. The number of quaternary nitrogens is 1. The van der Waals surface area contributed by atoms with Crippen LogP contribution in [0.1, 0.15) is 232 Å². The summed E-state index contributed by atoms with van der Waals surface area (Å²) in [5.41, 5.74) is 0. The molecule has 0 aromatic carbocycles. The molecule has 0 heterocycles. The molecule has 62 heavy (non-hydrogen) atoms. The molecular weight excluding hydrogens is 792 g/mol. The number of hydrogen-bond donors (Lipinski definition) is 3. The van der Waals surface area contributed by atoms with Gasteiger partial charge in [0.2, 0.25) is 5.91 Å². The zero-order valence-corrected chi connectivity index (χ0v) is 42.3. The molecule has 0 aliphatic rings. The number of aliphatic hydroxyl groups excluding tert-OH is 1. The van der Waals surface area contributed by atoms with Gasteiger partial charge in [-0.2, -0.15) is 0 Å². The number of phosphoric acid groups is 1. The van der Waals surface area contributed by atoms with Crippen molar-refractivity contribution >= 4 is 13.7 Å². The molecule has 3 N–H and O–H groups in total. The summed E-state index contributed by atoms with van der Waals surface area (Å²) in [5, 5.41) is 13.9. The minimum absolute atomic E-state index is 0.0748. The number of allylic oxidation sites excluding steroid dienone is 8. The van der Waals surface area contributed by atoms with Crippen LogP contribution in [-0.2, 0) is 18.4 Å². The SMILES string of the molecule is CC/C=C\C/C=C\C/C=C\C/C=C\CCCCCCCCCCCCCCCCCCCCC(=O)NC(COP(=O)(O)OCC[N+](C)(C)C)C(O)CCCCCCCCCCC. The molecule has 0 bridgehead atoms. The zero-order valence-electron chi connectivity index (χ0n) is 41.4. The molecule has 0 radical (unpaired) electrons. The molecule has 0 rings (SSSR count). The summed E-state index contributed by atoms with van der Waals surface area (Å²) in [6.07, 6.45) is 57.5. The van der Waals surface area contributed by atoms with Gasteiger partial charge in [-0.15, -0.1) is 0 Å². The highest BCUT2D eigenvalue weighted by molar-refractivity contribution is 7.47. The number of nitrogens with one attached hydrogen (secondary N) is 1. The third-order valence-electron chi connectivity index (χ3n) is 11.6. The second-order valence-electron chi connectivity index (χ2n) is 18.9. The molecule has 0 spiro atoms. The average molecular weight is 894 g/mol. The summed E-state index contributed by atoms with van der Waals surface area (Å²) in [6, 6.07) is -0.757. The minimum Gasteiger partial charge on any atom is -0.391 e. The van der Waals surface area contributed by atoms with Crippen LogP contribution in [-0.4, -0.2) is 73.4 Å². The van der Waals surface area contributed by atoms with Crippen molar-refractivity contribution in [2.45, 2.75) is 244 Å². The van der Waals surface area contributed by atoms with Crippen molar-refractivity contribution in [2.75, 3.05) is 40.9 Å². The normalized spacial score (nSPS) is 14.5. The van der Waals surface area contributed by atoms with E-state index < -0.39 is 20.0 Å². The smallest absolute Gasteiger partial charge is 0.391 e. The average Bonchev–Trinajstić information content (AvgIpc) is 3.23. The quantitative estimate of drug-likeness (QED) is 0.0243. The summed E-state index contributed by atoms with van der Waals surface area (Å²) < 4.78 is 23.6. The molecule has 0 aliphatic heterocycles. The van der Waals surface area contributed by atoms with Gasteiger partial charge >= 0.3 is 7.82 Å². The standard InChI is InChI=1S/C53H101N2O6P/c1-6-8-10-12-14-16-17-18-19-20-21-22-23-24-25-26-27-28-29-30-31-32-33-34-35-36-37-39-41-43-45-47-53(57)54-51(50-61-62(58,59)60-49-48-55(3,4)5)52(56)46-44-42-40-38-15-13-11-9-7-2/h8,10,14,16,18-19,21-22,51-52,56H,6-7,9,11-13,15,17,20,23-50H2,1-5H3,(H-,54,57,58,59)/p+1/b10-8-,16-14-,19-18-,22-21-. The number of aliphatic hydroxyl groups is 1. The predicted molar refractivity (Wildman–Crippen MR) is 267 cm³/mol. The van der Waals surface area contributed by atoms with E-state index in [0.717, 1.165) is 64.2 Å². The van der Waals surface area contributed by atoms with Crippen LogP contribution in [0.4, 0.5) is 0 Å². The lowest BCUT2D eigenvalue weighted by Crippen LogP contribution is -2.46. The van der Waals surface area contributed by atoms with Crippen LogP contribution in [0.15, 0.2) is 48.6 Å². The van der Waals surface area contributed by atoms with Crippen molar-refractivity contribution < 1.29 is 32.9 Å². The molecule has 0 aromatic heterocycles. The number of nitrogens with zero attached hydrogens (tertiary/aromatic N) is 1. The Morgan fingerprint density at radius 2 is 0.968 bits per heavy atom. The van der Waals surface area contributed by atoms with Crippen molar-refractivity contribution in [2.24, 2.45) is 0 Å². The fourth-order valence-electron chi connectivity index (χ4n) is 7.51. The Morgan fingerprint density at radius 3 is 1.42 bits per heavy atom. The van der Waals surface area contributed by atoms with Crippen LogP contribution in [0.2, 0.25) is 0 Å². The Hall–Kier alpha value is -1.54. The van der Waals surface area contributed by atoms with Gasteiger partial charge in [-0.05, 0) is 51.4 Å². The van der Waals surface area contributed by atoms with E-state index in [2.05, 4.69) is 67.8 Å². The van der Waals surface area contributed by atoms with Crippen molar-refractivity contribution in [3.8, 4) is 0 Å². The first-order valence-corrected chi connectivity index (χ1v) is 27.5. The van der Waals surface area contributed by atoms with Crippen LogP contribution >= 0.6 is 7.82 Å². The van der Waals surface area contributed by atoms with Gasteiger partial charge in [0.05, 0.1) is 39.9 Å². The first-order chi connectivity index (χ1) is 30.0. The van der Waals surface area contributed by atoms with E-state index >= 15 is 0 Å². The molecule has 0 saturated carbocycles.